The topological polar surface area (TPSA) is 96.5 Å². The number of sulfonamides is 1. The number of aldehydes is 1. The average Bonchev–Trinajstić information content (AvgIpc) is 3.24. The summed E-state index contributed by atoms with van der Waals surface area (Å²) in [6.07, 6.45) is 2.02. The fourth-order valence-electron chi connectivity index (χ4n) is 3.91. The molecule has 162 valence electrons. The molecule has 2 heterocycles. The van der Waals surface area contributed by atoms with Gasteiger partial charge in [-0.3, -0.25) is 0 Å². The van der Waals surface area contributed by atoms with Crippen LogP contribution in [0, 0.1) is 5.92 Å². The van der Waals surface area contributed by atoms with Gasteiger partial charge >= 0.3 is 5.97 Å². The number of rotatable bonds is 6. The minimum atomic E-state index is -3.60. The standard InChI is InChI=1S/C23H24N2O5S/c1-2-30-23(27)19-4-3-5-21-20(19)14-22(24-21)17-6-8-18(9-7-17)31(28,29)25-12-10-16(15-26)11-13-25/h3-9,14-16,24H,2,10-13H2,1H3. The average molecular weight is 441 g/mol. The van der Waals surface area contributed by atoms with Crippen LogP contribution in [0.1, 0.15) is 30.1 Å². The lowest BCUT2D eigenvalue weighted by molar-refractivity contribution is -0.112. The molecule has 1 aromatic heterocycles. The summed E-state index contributed by atoms with van der Waals surface area (Å²) in [6.45, 7) is 2.77. The first kappa shape index (κ1) is 21.3. The normalized spacial score (nSPS) is 15.8. The minimum absolute atomic E-state index is 0.0599. The Morgan fingerprint density at radius 3 is 2.52 bits per heavy atom. The predicted octanol–water partition coefficient (Wildman–Crippen LogP) is 3.61. The van der Waals surface area contributed by atoms with E-state index in [1.165, 1.54) is 4.31 Å². The number of benzene rings is 2. The van der Waals surface area contributed by atoms with Crippen LogP contribution in [0.2, 0.25) is 0 Å². The van der Waals surface area contributed by atoms with Gasteiger partial charge in [0.25, 0.3) is 0 Å². The summed E-state index contributed by atoms with van der Waals surface area (Å²) in [4.78, 5) is 26.6. The third-order valence-electron chi connectivity index (χ3n) is 5.65. The third-order valence-corrected chi connectivity index (χ3v) is 7.57. The Labute approximate surface area is 181 Å². The quantitative estimate of drug-likeness (QED) is 0.467. The zero-order chi connectivity index (χ0) is 22.0. The number of fused-ring (bicyclic) bond motifs is 1. The molecule has 3 aromatic rings. The number of piperidine rings is 1. The van der Waals surface area contributed by atoms with Crippen LogP contribution in [-0.4, -0.2) is 49.7 Å². The molecule has 1 N–H and O–H groups in total. The molecule has 0 aliphatic carbocycles. The van der Waals surface area contributed by atoms with Crippen molar-refractivity contribution in [3.63, 3.8) is 0 Å². The second kappa shape index (κ2) is 8.64. The Bertz CT molecular complexity index is 1210. The number of hydrogen-bond donors (Lipinski definition) is 1. The van der Waals surface area contributed by atoms with Crippen molar-refractivity contribution in [3.05, 3.63) is 54.1 Å². The Kier molecular flexibility index (Phi) is 5.93. The van der Waals surface area contributed by atoms with Gasteiger partial charge in [0, 0.05) is 35.6 Å². The number of esters is 1. The van der Waals surface area contributed by atoms with E-state index in [0.29, 0.717) is 38.1 Å². The highest BCUT2D eigenvalue weighted by Gasteiger charge is 2.29. The first-order valence-corrected chi connectivity index (χ1v) is 11.7. The summed E-state index contributed by atoms with van der Waals surface area (Å²) < 4.78 is 32.4. The minimum Gasteiger partial charge on any atom is -0.462 e. The second-order valence-corrected chi connectivity index (χ2v) is 9.51. The highest BCUT2D eigenvalue weighted by molar-refractivity contribution is 7.89. The Morgan fingerprint density at radius 1 is 1.16 bits per heavy atom. The van der Waals surface area contributed by atoms with Crippen LogP contribution in [0.4, 0.5) is 0 Å². The van der Waals surface area contributed by atoms with E-state index >= 15 is 0 Å². The van der Waals surface area contributed by atoms with Crippen molar-refractivity contribution in [2.24, 2.45) is 5.92 Å². The second-order valence-electron chi connectivity index (χ2n) is 7.57. The van der Waals surface area contributed by atoms with Crippen LogP contribution in [0.25, 0.3) is 22.2 Å². The number of ether oxygens (including phenoxy) is 1. The first-order valence-electron chi connectivity index (χ1n) is 10.3. The number of nitrogens with zero attached hydrogens (tertiary/aromatic N) is 1. The van der Waals surface area contributed by atoms with Gasteiger partial charge in [0.05, 0.1) is 17.1 Å². The molecule has 0 bridgehead atoms. The molecule has 7 nitrogen and oxygen atoms in total. The monoisotopic (exact) mass is 440 g/mol. The lowest BCUT2D eigenvalue weighted by Crippen LogP contribution is -2.38. The zero-order valence-corrected chi connectivity index (χ0v) is 18.0. The highest BCUT2D eigenvalue weighted by atomic mass is 32.2. The van der Waals surface area contributed by atoms with Gasteiger partial charge in [0.15, 0.2) is 0 Å². The van der Waals surface area contributed by atoms with Crippen molar-refractivity contribution in [1.29, 1.82) is 0 Å². The molecule has 0 spiro atoms. The van der Waals surface area contributed by atoms with E-state index in [0.717, 1.165) is 28.4 Å². The molecule has 1 aliphatic heterocycles. The van der Waals surface area contributed by atoms with Gasteiger partial charge in [-0.15, -0.1) is 0 Å². The lowest BCUT2D eigenvalue weighted by atomic mass is 10.0. The van der Waals surface area contributed by atoms with Gasteiger partial charge in [0.1, 0.15) is 6.29 Å². The predicted molar refractivity (Wildman–Crippen MR) is 117 cm³/mol. The molecule has 1 fully saturated rings. The molecule has 0 saturated carbocycles. The summed E-state index contributed by atoms with van der Waals surface area (Å²) in [5.74, 6) is -0.436. The van der Waals surface area contributed by atoms with Crippen molar-refractivity contribution in [2.45, 2.75) is 24.7 Å². The third kappa shape index (κ3) is 4.13. The van der Waals surface area contributed by atoms with Crippen LogP contribution < -0.4 is 0 Å². The SMILES string of the molecule is CCOC(=O)c1cccc2[nH]c(-c3ccc(S(=O)(=O)N4CCC(C=O)CC4)cc3)cc12. The van der Waals surface area contributed by atoms with Gasteiger partial charge in [-0.05, 0) is 55.7 Å². The van der Waals surface area contributed by atoms with Crippen LogP contribution in [0.15, 0.2) is 53.4 Å². The molecular formula is C23H24N2O5S. The summed E-state index contributed by atoms with van der Waals surface area (Å²) >= 11 is 0. The maximum atomic E-state index is 12.9. The number of nitrogens with one attached hydrogen (secondary N) is 1. The molecule has 8 heteroatoms. The van der Waals surface area contributed by atoms with Crippen LogP contribution in [0.5, 0.6) is 0 Å². The molecular weight excluding hydrogens is 416 g/mol. The van der Waals surface area contributed by atoms with E-state index in [1.807, 2.05) is 12.1 Å². The fourth-order valence-corrected chi connectivity index (χ4v) is 5.38. The lowest BCUT2D eigenvalue weighted by Gasteiger charge is -2.28. The van der Waals surface area contributed by atoms with E-state index in [4.69, 9.17) is 4.74 Å². The summed E-state index contributed by atoms with van der Waals surface area (Å²) in [7, 11) is -3.60. The molecule has 1 aliphatic rings. The number of hydrogen-bond acceptors (Lipinski definition) is 5. The van der Waals surface area contributed by atoms with Crippen LogP contribution >= 0.6 is 0 Å². The number of H-pyrrole nitrogens is 1. The maximum Gasteiger partial charge on any atom is 0.338 e. The Hall–Kier alpha value is -2.97. The fraction of sp³-hybridized carbons (Fsp3) is 0.304. The van der Waals surface area contributed by atoms with Gasteiger partial charge < -0.3 is 14.5 Å². The number of carbonyl (C=O) groups is 2. The van der Waals surface area contributed by atoms with Crippen LogP contribution in [0.3, 0.4) is 0 Å². The first-order chi connectivity index (χ1) is 14.9. The Balaban J connectivity index is 1.60. The maximum absolute atomic E-state index is 12.9. The molecule has 1 saturated heterocycles. The number of carbonyl (C=O) groups excluding carboxylic acids is 2. The molecule has 0 unspecified atom stereocenters. The van der Waals surface area contributed by atoms with Crippen molar-refractivity contribution < 1.29 is 22.7 Å². The van der Waals surface area contributed by atoms with Gasteiger partial charge in [-0.25, -0.2) is 13.2 Å². The van der Waals surface area contributed by atoms with Gasteiger partial charge in [0.2, 0.25) is 10.0 Å². The van der Waals surface area contributed by atoms with Crippen LogP contribution in [-0.2, 0) is 19.6 Å². The van der Waals surface area contributed by atoms with E-state index in [2.05, 4.69) is 4.98 Å². The van der Waals surface area contributed by atoms with E-state index < -0.39 is 10.0 Å². The van der Waals surface area contributed by atoms with Crippen molar-refractivity contribution in [1.82, 2.24) is 9.29 Å². The largest absolute Gasteiger partial charge is 0.462 e. The molecule has 0 atom stereocenters. The molecule has 0 amide bonds. The van der Waals surface area contributed by atoms with Gasteiger partial charge in [-0.2, -0.15) is 4.31 Å². The van der Waals surface area contributed by atoms with E-state index in [1.54, 1.807) is 43.3 Å². The van der Waals surface area contributed by atoms with Crippen molar-refractivity contribution >= 4 is 33.2 Å². The summed E-state index contributed by atoms with van der Waals surface area (Å²) in [6, 6.07) is 13.9. The summed E-state index contributed by atoms with van der Waals surface area (Å²) in [5.41, 5.74) is 2.88. The number of aromatic nitrogens is 1. The van der Waals surface area contributed by atoms with E-state index in [-0.39, 0.29) is 16.8 Å². The zero-order valence-electron chi connectivity index (χ0n) is 17.2. The van der Waals surface area contributed by atoms with Gasteiger partial charge in [-0.1, -0.05) is 18.2 Å². The van der Waals surface area contributed by atoms with E-state index in [9.17, 15) is 18.0 Å². The number of aromatic amines is 1. The van der Waals surface area contributed by atoms with Crippen molar-refractivity contribution in [3.8, 4) is 11.3 Å². The Morgan fingerprint density at radius 2 is 1.87 bits per heavy atom. The summed E-state index contributed by atoms with van der Waals surface area (Å²) in [5, 5.41) is 0.755. The molecule has 31 heavy (non-hydrogen) atoms. The molecule has 4 rings (SSSR count). The highest BCUT2D eigenvalue weighted by Crippen LogP contribution is 2.29. The molecule has 2 aromatic carbocycles. The smallest absolute Gasteiger partial charge is 0.338 e. The van der Waals surface area contributed by atoms with Crippen molar-refractivity contribution in [2.75, 3.05) is 19.7 Å². The molecule has 0 radical (unpaired) electrons.